The quantitative estimate of drug-likeness (QED) is 0.480. The Morgan fingerprint density at radius 1 is 0.842 bits per heavy atom. The minimum absolute atomic E-state index is 0.0681. The fraction of sp³-hybridized carbons (Fsp3) is 0.692. The first kappa shape index (κ1) is 15.8. The summed E-state index contributed by atoms with van der Waals surface area (Å²) >= 11 is 0. The van der Waals surface area contributed by atoms with Crippen molar-refractivity contribution in [3.8, 4) is 0 Å². The number of rotatable bonds is 9. The van der Waals surface area contributed by atoms with Crippen molar-refractivity contribution in [2.75, 3.05) is 26.2 Å². The normalized spacial score (nSPS) is 15.6. The van der Waals surface area contributed by atoms with Crippen molar-refractivity contribution in [3.63, 3.8) is 0 Å². The zero-order chi connectivity index (χ0) is 14.3. The van der Waals surface area contributed by atoms with Crippen LogP contribution in [0.4, 0.5) is 0 Å². The van der Waals surface area contributed by atoms with Crippen molar-refractivity contribution in [2.45, 2.75) is 25.7 Å². The third-order valence-corrected chi connectivity index (χ3v) is 3.79. The van der Waals surface area contributed by atoms with Crippen molar-refractivity contribution in [2.24, 2.45) is 22.6 Å². The van der Waals surface area contributed by atoms with Crippen LogP contribution in [0.1, 0.15) is 25.7 Å². The fourth-order valence-electron chi connectivity index (χ4n) is 2.67. The lowest BCUT2D eigenvalue weighted by Crippen LogP contribution is -2.37. The zero-order valence-corrected chi connectivity index (χ0v) is 11.3. The van der Waals surface area contributed by atoms with Crippen LogP contribution in [0.3, 0.4) is 0 Å². The molecule has 0 radical (unpaired) electrons. The molecule has 0 unspecified atom stereocenters. The zero-order valence-electron chi connectivity index (χ0n) is 11.3. The topological polar surface area (TPSA) is 115 Å². The Balaban J connectivity index is 2.66. The van der Waals surface area contributed by atoms with Gasteiger partial charge in [0.25, 0.3) is 11.8 Å². The van der Waals surface area contributed by atoms with E-state index in [0.717, 1.165) is 19.3 Å². The van der Waals surface area contributed by atoms with Crippen LogP contribution >= 0.6 is 0 Å². The number of nitrogens with two attached hydrogens (primary N) is 3. The Morgan fingerprint density at radius 2 is 1.26 bits per heavy atom. The van der Waals surface area contributed by atoms with E-state index in [9.17, 15) is 9.59 Å². The van der Waals surface area contributed by atoms with E-state index in [2.05, 4.69) is 0 Å². The van der Waals surface area contributed by atoms with Crippen LogP contribution in [0.5, 0.6) is 0 Å². The summed E-state index contributed by atoms with van der Waals surface area (Å²) in [5.74, 6) is -0.487. The molecular formula is C13H24N4O2. The summed E-state index contributed by atoms with van der Waals surface area (Å²) in [6, 6.07) is 0. The molecular weight excluding hydrogens is 244 g/mol. The molecule has 0 saturated carbocycles. The first-order valence-electron chi connectivity index (χ1n) is 6.72. The van der Waals surface area contributed by atoms with Crippen LogP contribution in [-0.4, -0.2) is 42.9 Å². The molecule has 6 N–H and O–H groups in total. The lowest BCUT2D eigenvalue weighted by Gasteiger charge is -2.34. The number of amides is 2. The summed E-state index contributed by atoms with van der Waals surface area (Å²) in [6.45, 7) is 2.07. The van der Waals surface area contributed by atoms with Gasteiger partial charge in [-0.3, -0.25) is 14.5 Å². The second-order valence-electron chi connectivity index (χ2n) is 5.03. The van der Waals surface area contributed by atoms with Gasteiger partial charge in [-0.25, -0.2) is 0 Å². The largest absolute Gasteiger partial charge is 0.330 e. The Labute approximate surface area is 114 Å². The van der Waals surface area contributed by atoms with E-state index in [1.54, 1.807) is 0 Å². The SMILES string of the molecule is NCCC(CCN)(CCN)CCN1C(=O)C=CC1=O. The van der Waals surface area contributed by atoms with Gasteiger partial charge in [0.05, 0.1) is 0 Å². The lowest BCUT2D eigenvalue weighted by atomic mass is 9.75. The number of nitrogens with zero attached hydrogens (tertiary/aromatic N) is 1. The molecule has 0 aromatic rings. The Bertz CT molecular complexity index is 320. The Kier molecular flexibility index (Phi) is 6.14. The number of imide groups is 1. The molecule has 1 heterocycles. The van der Waals surface area contributed by atoms with E-state index in [0.29, 0.717) is 32.6 Å². The molecule has 0 atom stereocenters. The van der Waals surface area contributed by atoms with Crippen LogP contribution in [0, 0.1) is 5.41 Å². The highest BCUT2D eigenvalue weighted by atomic mass is 16.2. The first-order chi connectivity index (χ1) is 9.08. The highest BCUT2D eigenvalue weighted by Crippen LogP contribution is 2.34. The van der Waals surface area contributed by atoms with Crippen molar-refractivity contribution in [3.05, 3.63) is 12.2 Å². The summed E-state index contributed by atoms with van der Waals surface area (Å²) in [6.07, 6.45) is 5.75. The molecule has 2 amide bonds. The van der Waals surface area contributed by atoms with E-state index in [4.69, 9.17) is 17.2 Å². The van der Waals surface area contributed by atoms with Gasteiger partial charge >= 0.3 is 0 Å². The molecule has 19 heavy (non-hydrogen) atoms. The summed E-state index contributed by atoms with van der Waals surface area (Å²) in [5, 5.41) is 0. The van der Waals surface area contributed by atoms with Gasteiger partial charge < -0.3 is 17.2 Å². The molecule has 0 bridgehead atoms. The predicted octanol–water partition coefficient (Wildman–Crippen LogP) is -0.666. The Morgan fingerprint density at radius 3 is 1.63 bits per heavy atom. The molecule has 108 valence electrons. The summed E-state index contributed by atoms with van der Waals surface area (Å²) in [4.78, 5) is 24.3. The third-order valence-electron chi connectivity index (χ3n) is 3.79. The van der Waals surface area contributed by atoms with E-state index in [1.807, 2.05) is 0 Å². The van der Waals surface area contributed by atoms with Gasteiger partial charge in [-0.05, 0) is 50.7 Å². The maximum absolute atomic E-state index is 11.5. The molecule has 0 fully saturated rings. The Hall–Kier alpha value is -1.24. The molecule has 0 aromatic heterocycles. The van der Waals surface area contributed by atoms with Crippen molar-refractivity contribution in [1.82, 2.24) is 4.90 Å². The summed E-state index contributed by atoms with van der Waals surface area (Å²) < 4.78 is 0. The molecule has 0 aromatic carbocycles. The van der Waals surface area contributed by atoms with E-state index >= 15 is 0 Å². The summed E-state index contributed by atoms with van der Waals surface area (Å²) in [5.41, 5.74) is 16.9. The van der Waals surface area contributed by atoms with Gasteiger partial charge in [0.1, 0.15) is 0 Å². The number of hydrogen-bond donors (Lipinski definition) is 3. The van der Waals surface area contributed by atoms with Crippen LogP contribution in [0.15, 0.2) is 12.2 Å². The number of carbonyl (C=O) groups excluding carboxylic acids is 2. The van der Waals surface area contributed by atoms with Crippen LogP contribution in [0.25, 0.3) is 0 Å². The molecule has 1 rings (SSSR count). The first-order valence-corrected chi connectivity index (χ1v) is 6.72. The highest BCUT2D eigenvalue weighted by Gasteiger charge is 2.31. The minimum Gasteiger partial charge on any atom is -0.330 e. The van der Waals surface area contributed by atoms with Crippen LogP contribution in [0.2, 0.25) is 0 Å². The van der Waals surface area contributed by atoms with E-state index in [1.165, 1.54) is 17.1 Å². The van der Waals surface area contributed by atoms with Gasteiger partial charge in [-0.1, -0.05) is 0 Å². The second-order valence-corrected chi connectivity index (χ2v) is 5.03. The molecule has 0 saturated heterocycles. The molecule has 6 heteroatoms. The predicted molar refractivity (Wildman–Crippen MR) is 73.9 cm³/mol. The van der Waals surface area contributed by atoms with Gasteiger partial charge in [0, 0.05) is 18.7 Å². The molecule has 6 nitrogen and oxygen atoms in total. The van der Waals surface area contributed by atoms with Gasteiger partial charge in [0.15, 0.2) is 0 Å². The smallest absolute Gasteiger partial charge is 0.253 e. The third kappa shape index (κ3) is 4.12. The van der Waals surface area contributed by atoms with E-state index in [-0.39, 0.29) is 17.2 Å². The monoisotopic (exact) mass is 268 g/mol. The number of hydrogen-bond acceptors (Lipinski definition) is 5. The average molecular weight is 268 g/mol. The van der Waals surface area contributed by atoms with Gasteiger partial charge in [0.2, 0.25) is 0 Å². The molecule has 1 aliphatic heterocycles. The summed E-state index contributed by atoms with van der Waals surface area (Å²) in [7, 11) is 0. The molecule has 1 aliphatic rings. The minimum atomic E-state index is -0.243. The van der Waals surface area contributed by atoms with Crippen LogP contribution < -0.4 is 17.2 Å². The molecule has 0 spiro atoms. The molecule has 0 aliphatic carbocycles. The van der Waals surface area contributed by atoms with Gasteiger partial charge in [-0.2, -0.15) is 0 Å². The maximum atomic E-state index is 11.5. The van der Waals surface area contributed by atoms with Crippen molar-refractivity contribution < 1.29 is 9.59 Å². The van der Waals surface area contributed by atoms with Crippen molar-refractivity contribution in [1.29, 1.82) is 0 Å². The van der Waals surface area contributed by atoms with Crippen LogP contribution in [-0.2, 0) is 9.59 Å². The highest BCUT2D eigenvalue weighted by molar-refractivity contribution is 6.12. The standard InChI is InChI=1S/C13H24N4O2/c14-7-3-13(4-8-15,5-9-16)6-10-17-11(18)1-2-12(17)19/h1-2H,3-10,14-16H2. The lowest BCUT2D eigenvalue weighted by molar-refractivity contribution is -0.137. The average Bonchev–Trinajstić information content (AvgIpc) is 2.68. The second kappa shape index (κ2) is 7.37. The van der Waals surface area contributed by atoms with Gasteiger partial charge in [-0.15, -0.1) is 0 Å². The van der Waals surface area contributed by atoms with Crippen molar-refractivity contribution >= 4 is 11.8 Å². The maximum Gasteiger partial charge on any atom is 0.253 e. The number of carbonyl (C=O) groups is 2. The fourth-order valence-corrected chi connectivity index (χ4v) is 2.67. The van der Waals surface area contributed by atoms with E-state index < -0.39 is 0 Å².